The maximum Gasteiger partial charge on any atom is 0.166 e. The second kappa shape index (κ2) is 8.08. The molecule has 0 heterocycles. The van der Waals surface area contributed by atoms with E-state index in [2.05, 4.69) is 9.98 Å². The Kier molecular flexibility index (Phi) is 5.58. The largest absolute Gasteiger partial charge is 0.508 e. The Labute approximate surface area is 161 Å². The van der Waals surface area contributed by atoms with Gasteiger partial charge in [0.2, 0.25) is 0 Å². The van der Waals surface area contributed by atoms with E-state index in [4.69, 9.17) is 0 Å². The molecule has 2 aromatic carbocycles. The average Bonchev–Trinajstić information content (AvgIpc) is 2.65. The maximum absolute atomic E-state index is 9.89. The zero-order chi connectivity index (χ0) is 20.3. The number of benzene rings is 2. The Hall–Kier alpha value is -3.42. The van der Waals surface area contributed by atoms with Crippen molar-refractivity contribution in [1.29, 1.82) is 0 Å². The number of rotatable bonds is 4. The van der Waals surface area contributed by atoms with Crippen molar-refractivity contribution in [2.45, 2.75) is 37.8 Å². The molecule has 2 aromatic rings. The van der Waals surface area contributed by atoms with E-state index in [1.807, 2.05) is 0 Å². The van der Waals surface area contributed by atoms with Gasteiger partial charge in [-0.15, -0.1) is 0 Å². The van der Waals surface area contributed by atoms with Crippen LogP contribution in [0.4, 0.5) is 0 Å². The summed E-state index contributed by atoms with van der Waals surface area (Å²) in [6.45, 7) is 0. The third kappa shape index (κ3) is 4.28. The molecule has 0 spiro atoms. The summed E-state index contributed by atoms with van der Waals surface area (Å²) in [5.74, 6) is -1.96. The molecule has 8 nitrogen and oxygen atoms in total. The standard InChI is InChI=1S/C20H22N2O6/c23-13-5-11(19(27)17(25)7-13)9-21-15-3-1-2-4-16(15)22-10-12-6-14(24)8-18(26)20(12)28/h5-10,15-16,23-28H,1-4H2. The fourth-order valence-corrected chi connectivity index (χ4v) is 3.24. The second-order valence-electron chi connectivity index (χ2n) is 6.78. The van der Waals surface area contributed by atoms with Crippen LogP contribution >= 0.6 is 0 Å². The molecule has 0 saturated heterocycles. The molecule has 28 heavy (non-hydrogen) atoms. The predicted octanol–water partition coefficient (Wildman–Crippen LogP) is 2.77. The second-order valence-corrected chi connectivity index (χ2v) is 6.78. The fraction of sp³-hybridized carbons (Fsp3) is 0.300. The van der Waals surface area contributed by atoms with Crippen LogP contribution in [-0.2, 0) is 0 Å². The van der Waals surface area contributed by atoms with Crippen LogP contribution in [0.2, 0.25) is 0 Å². The van der Waals surface area contributed by atoms with Gasteiger partial charge < -0.3 is 30.6 Å². The van der Waals surface area contributed by atoms with Gasteiger partial charge in [-0.2, -0.15) is 0 Å². The van der Waals surface area contributed by atoms with E-state index in [1.165, 1.54) is 24.6 Å². The topological polar surface area (TPSA) is 146 Å². The van der Waals surface area contributed by atoms with Crippen molar-refractivity contribution < 1.29 is 30.6 Å². The van der Waals surface area contributed by atoms with Crippen molar-refractivity contribution in [3.8, 4) is 34.5 Å². The SMILES string of the molecule is Oc1cc(O)c(O)c(C=NC2CCCCC2N=Cc2cc(O)cc(O)c2O)c1. The molecule has 1 fully saturated rings. The van der Waals surface area contributed by atoms with E-state index in [9.17, 15) is 30.6 Å². The third-order valence-corrected chi connectivity index (χ3v) is 4.71. The summed E-state index contributed by atoms with van der Waals surface area (Å²) < 4.78 is 0. The number of hydrogen-bond donors (Lipinski definition) is 6. The van der Waals surface area contributed by atoms with E-state index >= 15 is 0 Å². The van der Waals surface area contributed by atoms with E-state index in [-0.39, 0.29) is 46.2 Å². The quantitative estimate of drug-likeness (QED) is 0.271. The van der Waals surface area contributed by atoms with Crippen molar-refractivity contribution in [2.75, 3.05) is 0 Å². The average molecular weight is 386 g/mol. The zero-order valence-electron chi connectivity index (χ0n) is 15.0. The Morgan fingerprint density at radius 1 is 0.643 bits per heavy atom. The van der Waals surface area contributed by atoms with Crippen LogP contribution in [0.3, 0.4) is 0 Å². The lowest BCUT2D eigenvalue weighted by Crippen LogP contribution is -2.27. The van der Waals surface area contributed by atoms with Crippen LogP contribution in [-0.4, -0.2) is 55.2 Å². The molecular formula is C20H22N2O6. The van der Waals surface area contributed by atoms with Crippen molar-refractivity contribution in [3.63, 3.8) is 0 Å². The molecule has 8 heteroatoms. The lowest BCUT2D eigenvalue weighted by Gasteiger charge is -2.25. The Morgan fingerprint density at radius 2 is 1.04 bits per heavy atom. The fourth-order valence-electron chi connectivity index (χ4n) is 3.24. The first-order chi connectivity index (χ1) is 13.3. The molecule has 0 radical (unpaired) electrons. The molecule has 0 aromatic heterocycles. The summed E-state index contributed by atoms with van der Waals surface area (Å²) in [6.07, 6.45) is 6.24. The zero-order valence-corrected chi connectivity index (χ0v) is 15.0. The number of phenolic OH excluding ortho intramolecular Hbond substituents is 6. The molecule has 1 aliphatic carbocycles. The van der Waals surface area contributed by atoms with Gasteiger partial charge in [-0.3, -0.25) is 9.98 Å². The first-order valence-corrected chi connectivity index (χ1v) is 8.91. The number of aromatic hydroxyl groups is 6. The van der Waals surface area contributed by atoms with Gasteiger partial charge in [-0.1, -0.05) is 12.8 Å². The summed E-state index contributed by atoms with van der Waals surface area (Å²) in [4.78, 5) is 8.93. The van der Waals surface area contributed by atoms with Crippen molar-refractivity contribution in [1.82, 2.24) is 0 Å². The molecule has 0 aliphatic heterocycles. The van der Waals surface area contributed by atoms with Gasteiger partial charge in [0, 0.05) is 35.7 Å². The Bertz CT molecular complexity index is 850. The van der Waals surface area contributed by atoms with Crippen LogP contribution in [0.25, 0.3) is 0 Å². The molecule has 1 aliphatic rings. The van der Waals surface area contributed by atoms with E-state index in [0.717, 1.165) is 37.8 Å². The minimum Gasteiger partial charge on any atom is -0.508 e. The van der Waals surface area contributed by atoms with Gasteiger partial charge in [-0.05, 0) is 25.0 Å². The lowest BCUT2D eigenvalue weighted by atomic mass is 9.91. The molecular weight excluding hydrogens is 364 g/mol. The molecule has 2 unspecified atom stereocenters. The highest BCUT2D eigenvalue weighted by molar-refractivity contribution is 5.86. The molecule has 1 saturated carbocycles. The summed E-state index contributed by atoms with van der Waals surface area (Å²) in [7, 11) is 0. The third-order valence-electron chi connectivity index (χ3n) is 4.71. The van der Waals surface area contributed by atoms with Gasteiger partial charge in [0.1, 0.15) is 11.5 Å². The number of hydrogen-bond acceptors (Lipinski definition) is 8. The summed E-state index contributed by atoms with van der Waals surface area (Å²) in [5, 5.41) is 58.1. The van der Waals surface area contributed by atoms with E-state index in [1.54, 1.807) is 0 Å². The summed E-state index contributed by atoms with van der Waals surface area (Å²) in [6, 6.07) is 4.29. The highest BCUT2D eigenvalue weighted by Crippen LogP contribution is 2.34. The first kappa shape index (κ1) is 19.3. The minimum absolute atomic E-state index is 0.186. The number of nitrogens with zero attached hydrogens (tertiary/aromatic N) is 2. The van der Waals surface area contributed by atoms with Crippen molar-refractivity contribution >= 4 is 12.4 Å². The van der Waals surface area contributed by atoms with Gasteiger partial charge in [0.15, 0.2) is 23.0 Å². The first-order valence-electron chi connectivity index (χ1n) is 8.91. The molecule has 3 rings (SSSR count). The number of aliphatic imine (C=N–C) groups is 2. The molecule has 0 amide bonds. The highest BCUT2D eigenvalue weighted by Gasteiger charge is 2.23. The van der Waals surface area contributed by atoms with Gasteiger partial charge in [0.25, 0.3) is 0 Å². The molecule has 0 bridgehead atoms. The van der Waals surface area contributed by atoms with Crippen molar-refractivity contribution in [2.24, 2.45) is 9.98 Å². The summed E-state index contributed by atoms with van der Waals surface area (Å²) >= 11 is 0. The summed E-state index contributed by atoms with van der Waals surface area (Å²) in [5.41, 5.74) is 0.391. The van der Waals surface area contributed by atoms with Crippen LogP contribution in [0.5, 0.6) is 34.5 Å². The molecule has 148 valence electrons. The highest BCUT2D eigenvalue weighted by atomic mass is 16.3. The Balaban J connectivity index is 1.82. The van der Waals surface area contributed by atoms with Crippen molar-refractivity contribution in [3.05, 3.63) is 35.4 Å². The predicted molar refractivity (Wildman–Crippen MR) is 104 cm³/mol. The van der Waals surface area contributed by atoms with E-state index < -0.39 is 11.5 Å². The smallest absolute Gasteiger partial charge is 0.166 e. The van der Waals surface area contributed by atoms with Gasteiger partial charge in [-0.25, -0.2) is 0 Å². The lowest BCUT2D eigenvalue weighted by molar-refractivity contribution is 0.388. The maximum atomic E-state index is 9.89. The number of phenols is 6. The normalized spacial score (nSPS) is 20.1. The van der Waals surface area contributed by atoms with Crippen LogP contribution < -0.4 is 0 Å². The molecule has 6 N–H and O–H groups in total. The molecule has 2 atom stereocenters. The minimum atomic E-state index is -0.432. The Morgan fingerprint density at radius 3 is 1.43 bits per heavy atom. The van der Waals surface area contributed by atoms with Crippen LogP contribution in [0.15, 0.2) is 34.3 Å². The monoisotopic (exact) mass is 386 g/mol. The van der Waals surface area contributed by atoms with Gasteiger partial charge >= 0.3 is 0 Å². The van der Waals surface area contributed by atoms with Gasteiger partial charge in [0.05, 0.1) is 12.1 Å². The van der Waals surface area contributed by atoms with Crippen LogP contribution in [0, 0.1) is 0 Å². The van der Waals surface area contributed by atoms with E-state index in [0.29, 0.717) is 0 Å². The van der Waals surface area contributed by atoms with Crippen LogP contribution in [0.1, 0.15) is 36.8 Å².